The van der Waals surface area contributed by atoms with Crippen LogP contribution in [0.25, 0.3) is 0 Å². The summed E-state index contributed by atoms with van der Waals surface area (Å²) in [5, 5.41) is 2.89. The van der Waals surface area contributed by atoms with Crippen LogP contribution in [0.4, 0.5) is 5.69 Å². The number of hydrogen-bond acceptors (Lipinski definition) is 4. The van der Waals surface area contributed by atoms with Gasteiger partial charge in [0.15, 0.2) is 0 Å². The van der Waals surface area contributed by atoms with E-state index in [0.29, 0.717) is 38.3 Å². The minimum atomic E-state index is -0.497. The van der Waals surface area contributed by atoms with Crippen molar-refractivity contribution in [3.63, 3.8) is 0 Å². The summed E-state index contributed by atoms with van der Waals surface area (Å²) in [6.07, 6.45) is 3.01. The largest absolute Gasteiger partial charge is 0.381 e. The number of nitrogens with one attached hydrogen (secondary N) is 1. The fourth-order valence-corrected chi connectivity index (χ4v) is 2.09. The van der Waals surface area contributed by atoms with Gasteiger partial charge < -0.3 is 15.8 Å². The number of amides is 1. The van der Waals surface area contributed by atoms with Gasteiger partial charge in [0.05, 0.1) is 17.3 Å². The van der Waals surface area contributed by atoms with Gasteiger partial charge in [0.1, 0.15) is 0 Å². The predicted octanol–water partition coefficient (Wildman–Crippen LogP) is 1.08. The summed E-state index contributed by atoms with van der Waals surface area (Å²) in [6, 6.07) is 3.72. The molecule has 5 nitrogen and oxygen atoms in total. The quantitative estimate of drug-likeness (QED) is 0.840. The molecule has 1 aromatic heterocycles. The van der Waals surface area contributed by atoms with E-state index in [0.717, 1.165) is 5.69 Å². The van der Waals surface area contributed by atoms with E-state index < -0.39 is 5.41 Å². The Morgan fingerprint density at radius 2 is 2.22 bits per heavy atom. The minimum absolute atomic E-state index is 0.0287. The summed E-state index contributed by atoms with van der Waals surface area (Å²) in [5.41, 5.74) is 6.92. The van der Waals surface area contributed by atoms with Gasteiger partial charge in [-0.1, -0.05) is 0 Å². The molecule has 0 atom stereocenters. The smallest absolute Gasteiger partial charge is 0.232 e. The average Bonchev–Trinajstić information content (AvgIpc) is 2.42. The molecule has 0 bridgehead atoms. The van der Waals surface area contributed by atoms with Crippen molar-refractivity contribution in [3.8, 4) is 0 Å². The molecule has 0 aliphatic carbocycles. The van der Waals surface area contributed by atoms with Crippen molar-refractivity contribution in [2.75, 3.05) is 25.1 Å². The molecule has 1 fully saturated rings. The predicted molar refractivity (Wildman–Crippen MR) is 69.1 cm³/mol. The topological polar surface area (TPSA) is 77.2 Å². The number of nitrogens with zero attached hydrogens (tertiary/aromatic N) is 1. The second kappa shape index (κ2) is 5.46. The van der Waals surface area contributed by atoms with Crippen LogP contribution in [0.15, 0.2) is 18.3 Å². The number of anilines is 1. The molecule has 1 aliphatic rings. The second-order valence-electron chi connectivity index (χ2n) is 4.74. The number of hydrogen-bond donors (Lipinski definition) is 2. The number of aromatic nitrogens is 1. The fraction of sp³-hybridized carbons (Fsp3) is 0.538. The molecule has 0 saturated carbocycles. The van der Waals surface area contributed by atoms with Crippen LogP contribution in [0.3, 0.4) is 0 Å². The molecule has 0 unspecified atom stereocenters. The van der Waals surface area contributed by atoms with Gasteiger partial charge in [0, 0.05) is 25.5 Å². The highest BCUT2D eigenvalue weighted by atomic mass is 16.5. The van der Waals surface area contributed by atoms with Gasteiger partial charge in [-0.3, -0.25) is 9.78 Å². The standard InChI is InChI=1S/C13H19N3O2/c1-10-2-3-11(8-15-10)16-12(17)13(9-14)4-6-18-7-5-13/h2-3,8H,4-7,9,14H2,1H3,(H,16,17). The first-order valence-corrected chi connectivity index (χ1v) is 6.18. The summed E-state index contributed by atoms with van der Waals surface area (Å²) in [4.78, 5) is 16.5. The molecule has 18 heavy (non-hydrogen) atoms. The molecular formula is C13H19N3O2. The highest BCUT2D eigenvalue weighted by Gasteiger charge is 2.38. The van der Waals surface area contributed by atoms with Crippen molar-refractivity contribution in [3.05, 3.63) is 24.0 Å². The van der Waals surface area contributed by atoms with E-state index in [2.05, 4.69) is 10.3 Å². The Balaban J connectivity index is 2.07. The van der Waals surface area contributed by atoms with Gasteiger partial charge in [0.2, 0.25) is 5.91 Å². The van der Waals surface area contributed by atoms with E-state index in [-0.39, 0.29) is 5.91 Å². The highest BCUT2D eigenvalue weighted by molar-refractivity contribution is 5.95. The van der Waals surface area contributed by atoms with Crippen molar-refractivity contribution in [1.29, 1.82) is 0 Å². The monoisotopic (exact) mass is 249 g/mol. The van der Waals surface area contributed by atoms with Crippen molar-refractivity contribution < 1.29 is 9.53 Å². The number of aryl methyl sites for hydroxylation is 1. The Morgan fingerprint density at radius 3 is 2.78 bits per heavy atom. The molecule has 1 aromatic rings. The zero-order valence-corrected chi connectivity index (χ0v) is 10.6. The Labute approximate surface area is 107 Å². The van der Waals surface area contributed by atoms with Crippen LogP contribution < -0.4 is 11.1 Å². The van der Waals surface area contributed by atoms with E-state index in [4.69, 9.17) is 10.5 Å². The Bertz CT molecular complexity index is 411. The van der Waals surface area contributed by atoms with E-state index >= 15 is 0 Å². The van der Waals surface area contributed by atoms with Gasteiger partial charge in [0.25, 0.3) is 0 Å². The zero-order chi connectivity index (χ0) is 13.0. The lowest BCUT2D eigenvalue weighted by Crippen LogP contribution is -2.46. The summed E-state index contributed by atoms with van der Waals surface area (Å²) in [7, 11) is 0. The molecule has 0 radical (unpaired) electrons. The number of carbonyl (C=O) groups is 1. The van der Waals surface area contributed by atoms with Crippen LogP contribution in [0.2, 0.25) is 0 Å². The highest BCUT2D eigenvalue weighted by Crippen LogP contribution is 2.30. The Kier molecular flexibility index (Phi) is 3.93. The van der Waals surface area contributed by atoms with Crippen LogP contribution in [0.1, 0.15) is 18.5 Å². The summed E-state index contributed by atoms with van der Waals surface area (Å²) < 4.78 is 5.29. The molecule has 1 aliphatic heterocycles. The first kappa shape index (κ1) is 13.0. The molecule has 2 rings (SSSR count). The van der Waals surface area contributed by atoms with Crippen molar-refractivity contribution in [2.45, 2.75) is 19.8 Å². The third-order valence-electron chi connectivity index (χ3n) is 3.49. The maximum atomic E-state index is 12.3. The van der Waals surface area contributed by atoms with Crippen LogP contribution in [-0.2, 0) is 9.53 Å². The molecule has 0 aromatic carbocycles. The first-order valence-electron chi connectivity index (χ1n) is 6.18. The maximum absolute atomic E-state index is 12.3. The second-order valence-corrected chi connectivity index (χ2v) is 4.74. The minimum Gasteiger partial charge on any atom is -0.381 e. The van der Waals surface area contributed by atoms with E-state index in [1.54, 1.807) is 6.20 Å². The van der Waals surface area contributed by atoms with Crippen LogP contribution in [0.5, 0.6) is 0 Å². The van der Waals surface area contributed by atoms with Crippen molar-refractivity contribution >= 4 is 11.6 Å². The molecule has 1 saturated heterocycles. The van der Waals surface area contributed by atoms with Crippen LogP contribution >= 0.6 is 0 Å². The normalized spacial score (nSPS) is 18.3. The third-order valence-corrected chi connectivity index (χ3v) is 3.49. The van der Waals surface area contributed by atoms with Crippen LogP contribution in [0, 0.1) is 12.3 Å². The molecule has 98 valence electrons. The summed E-state index contributed by atoms with van der Waals surface area (Å²) in [5.74, 6) is -0.0287. The lowest BCUT2D eigenvalue weighted by Gasteiger charge is -2.34. The summed E-state index contributed by atoms with van der Waals surface area (Å²) >= 11 is 0. The van der Waals surface area contributed by atoms with Crippen LogP contribution in [-0.4, -0.2) is 30.6 Å². The molecule has 1 amide bonds. The zero-order valence-electron chi connectivity index (χ0n) is 10.6. The van der Waals surface area contributed by atoms with Gasteiger partial charge in [-0.2, -0.15) is 0 Å². The molecule has 5 heteroatoms. The van der Waals surface area contributed by atoms with E-state index in [1.807, 2.05) is 19.1 Å². The number of rotatable bonds is 3. The molecule has 3 N–H and O–H groups in total. The van der Waals surface area contributed by atoms with Crippen molar-refractivity contribution in [2.24, 2.45) is 11.1 Å². The van der Waals surface area contributed by atoms with Gasteiger partial charge in [-0.05, 0) is 31.9 Å². The van der Waals surface area contributed by atoms with E-state index in [9.17, 15) is 4.79 Å². The fourth-order valence-electron chi connectivity index (χ4n) is 2.09. The van der Waals surface area contributed by atoms with Gasteiger partial charge in [-0.15, -0.1) is 0 Å². The molecular weight excluding hydrogens is 230 g/mol. The Morgan fingerprint density at radius 1 is 1.50 bits per heavy atom. The lowest BCUT2D eigenvalue weighted by atomic mass is 9.79. The number of nitrogens with two attached hydrogens (primary N) is 1. The molecule has 0 spiro atoms. The lowest BCUT2D eigenvalue weighted by molar-refractivity contribution is -0.130. The Hall–Kier alpha value is -1.46. The SMILES string of the molecule is Cc1ccc(NC(=O)C2(CN)CCOCC2)cn1. The number of ether oxygens (including phenoxy) is 1. The number of pyridine rings is 1. The summed E-state index contributed by atoms with van der Waals surface area (Å²) in [6.45, 7) is 3.44. The van der Waals surface area contributed by atoms with E-state index in [1.165, 1.54) is 0 Å². The van der Waals surface area contributed by atoms with Crippen molar-refractivity contribution in [1.82, 2.24) is 4.98 Å². The average molecular weight is 249 g/mol. The maximum Gasteiger partial charge on any atom is 0.232 e. The first-order chi connectivity index (χ1) is 8.66. The van der Waals surface area contributed by atoms with Gasteiger partial charge >= 0.3 is 0 Å². The number of carbonyl (C=O) groups excluding carboxylic acids is 1. The van der Waals surface area contributed by atoms with Gasteiger partial charge in [-0.25, -0.2) is 0 Å². The third kappa shape index (κ3) is 2.68. The molecule has 2 heterocycles.